The van der Waals surface area contributed by atoms with Gasteiger partial charge < -0.3 is 10.1 Å². The number of nitrogens with zero attached hydrogens (tertiary/aromatic N) is 2. The zero-order valence-electron chi connectivity index (χ0n) is 17.7. The molecule has 2 aromatic carbocycles. The Morgan fingerprint density at radius 3 is 2.30 bits per heavy atom. The SMILES string of the molecule is CCN(CC)S(=O)(=O)c1ccc(NC(=O)CN(C)Cc2cc(Br)ccc2OC)cc1. The normalized spacial score (nSPS) is 11.7. The van der Waals surface area contributed by atoms with Crippen LogP contribution in [0.5, 0.6) is 5.75 Å². The smallest absolute Gasteiger partial charge is 0.243 e. The van der Waals surface area contributed by atoms with E-state index < -0.39 is 10.0 Å². The molecular weight excluding hydrogens is 470 g/mol. The molecule has 2 aromatic rings. The standard InChI is InChI=1S/C21H28BrN3O4S/c1-5-25(6-2)30(27,28)19-10-8-18(9-11-19)23-21(26)15-24(3)14-16-13-17(22)7-12-20(16)29-4/h7-13H,5-6,14-15H2,1-4H3,(H,23,26). The number of carbonyl (C=O) groups excluding carboxylic acids is 1. The number of halogens is 1. The van der Waals surface area contributed by atoms with E-state index in [0.717, 1.165) is 15.8 Å². The molecule has 0 aliphatic rings. The first-order valence-corrected chi connectivity index (χ1v) is 11.9. The molecule has 0 aliphatic carbocycles. The van der Waals surface area contributed by atoms with Gasteiger partial charge in [-0.05, 0) is 49.5 Å². The van der Waals surface area contributed by atoms with Gasteiger partial charge in [0, 0.05) is 35.4 Å². The Hall–Kier alpha value is -1.94. The van der Waals surface area contributed by atoms with Crippen molar-refractivity contribution in [2.24, 2.45) is 0 Å². The van der Waals surface area contributed by atoms with Crippen molar-refractivity contribution in [3.05, 3.63) is 52.5 Å². The molecule has 2 rings (SSSR count). The second-order valence-corrected chi connectivity index (χ2v) is 9.64. The number of likely N-dealkylation sites (N-methyl/N-ethyl adjacent to an activating group) is 1. The molecule has 0 saturated carbocycles. The molecule has 0 heterocycles. The van der Waals surface area contributed by atoms with E-state index >= 15 is 0 Å². The lowest BCUT2D eigenvalue weighted by Crippen LogP contribution is -2.31. The number of benzene rings is 2. The van der Waals surface area contributed by atoms with E-state index in [2.05, 4.69) is 21.2 Å². The summed E-state index contributed by atoms with van der Waals surface area (Å²) in [6.45, 7) is 5.14. The van der Waals surface area contributed by atoms with Crippen molar-refractivity contribution in [3.8, 4) is 5.75 Å². The van der Waals surface area contributed by atoms with Gasteiger partial charge in [0.2, 0.25) is 15.9 Å². The van der Waals surface area contributed by atoms with E-state index in [0.29, 0.717) is 25.3 Å². The number of sulfonamides is 1. The largest absolute Gasteiger partial charge is 0.496 e. The zero-order valence-corrected chi connectivity index (χ0v) is 20.1. The molecule has 0 unspecified atom stereocenters. The van der Waals surface area contributed by atoms with Gasteiger partial charge in [0.1, 0.15) is 5.75 Å². The Labute approximate surface area is 187 Å². The highest BCUT2D eigenvalue weighted by molar-refractivity contribution is 9.10. The first-order valence-electron chi connectivity index (χ1n) is 9.62. The molecule has 0 saturated heterocycles. The molecular formula is C21H28BrN3O4S. The number of anilines is 1. The third kappa shape index (κ3) is 6.28. The van der Waals surface area contributed by atoms with Crippen LogP contribution in [0, 0.1) is 0 Å². The summed E-state index contributed by atoms with van der Waals surface area (Å²) in [4.78, 5) is 14.5. The van der Waals surface area contributed by atoms with Crippen LogP contribution in [0.1, 0.15) is 19.4 Å². The predicted molar refractivity (Wildman–Crippen MR) is 122 cm³/mol. The van der Waals surface area contributed by atoms with Gasteiger partial charge in [-0.1, -0.05) is 29.8 Å². The first-order chi connectivity index (χ1) is 14.2. The van der Waals surface area contributed by atoms with Crippen LogP contribution in [0.15, 0.2) is 51.8 Å². The summed E-state index contributed by atoms with van der Waals surface area (Å²) in [5.41, 5.74) is 1.51. The average Bonchev–Trinajstić information content (AvgIpc) is 2.69. The summed E-state index contributed by atoms with van der Waals surface area (Å²) < 4.78 is 32.8. The van der Waals surface area contributed by atoms with Crippen molar-refractivity contribution in [1.82, 2.24) is 9.21 Å². The van der Waals surface area contributed by atoms with Gasteiger partial charge >= 0.3 is 0 Å². The highest BCUT2D eigenvalue weighted by Crippen LogP contribution is 2.24. The Kier molecular flexibility index (Phi) is 8.84. The summed E-state index contributed by atoms with van der Waals surface area (Å²) in [5, 5.41) is 2.80. The molecule has 0 spiro atoms. The van der Waals surface area contributed by atoms with Gasteiger partial charge in [-0.2, -0.15) is 4.31 Å². The second-order valence-electron chi connectivity index (χ2n) is 6.79. The fourth-order valence-corrected chi connectivity index (χ4v) is 4.95. The number of ether oxygens (including phenoxy) is 1. The summed E-state index contributed by atoms with van der Waals surface area (Å²) in [5.74, 6) is 0.571. The van der Waals surface area contributed by atoms with E-state index in [1.807, 2.05) is 30.1 Å². The number of methoxy groups -OCH3 is 1. The lowest BCUT2D eigenvalue weighted by atomic mass is 10.2. The lowest BCUT2D eigenvalue weighted by molar-refractivity contribution is -0.117. The van der Waals surface area contributed by atoms with Gasteiger partial charge in [-0.3, -0.25) is 9.69 Å². The number of hydrogen-bond acceptors (Lipinski definition) is 5. The van der Waals surface area contributed by atoms with E-state index in [1.165, 1.54) is 16.4 Å². The Balaban J connectivity index is 1.99. The van der Waals surface area contributed by atoms with E-state index in [4.69, 9.17) is 4.74 Å². The second kappa shape index (κ2) is 10.9. The van der Waals surface area contributed by atoms with E-state index in [-0.39, 0.29) is 17.3 Å². The van der Waals surface area contributed by atoms with Crippen LogP contribution >= 0.6 is 15.9 Å². The minimum atomic E-state index is -3.51. The quantitative estimate of drug-likeness (QED) is 0.542. The minimum Gasteiger partial charge on any atom is -0.496 e. The fraction of sp³-hybridized carbons (Fsp3) is 0.381. The molecule has 0 aromatic heterocycles. The van der Waals surface area contributed by atoms with Crippen LogP contribution in [0.2, 0.25) is 0 Å². The van der Waals surface area contributed by atoms with Crippen LogP contribution < -0.4 is 10.1 Å². The van der Waals surface area contributed by atoms with Crippen molar-refractivity contribution >= 4 is 37.5 Å². The molecule has 0 atom stereocenters. The topological polar surface area (TPSA) is 79.0 Å². The summed E-state index contributed by atoms with van der Waals surface area (Å²) >= 11 is 3.45. The van der Waals surface area contributed by atoms with Crippen molar-refractivity contribution < 1.29 is 17.9 Å². The van der Waals surface area contributed by atoms with Crippen LogP contribution in [0.25, 0.3) is 0 Å². The highest BCUT2D eigenvalue weighted by atomic mass is 79.9. The zero-order chi connectivity index (χ0) is 22.3. The molecule has 164 valence electrons. The lowest BCUT2D eigenvalue weighted by Gasteiger charge is -2.19. The highest BCUT2D eigenvalue weighted by Gasteiger charge is 2.21. The third-order valence-corrected chi connectivity index (χ3v) is 7.13. The molecule has 1 N–H and O–H groups in total. The molecule has 1 amide bonds. The molecule has 0 bridgehead atoms. The minimum absolute atomic E-state index is 0.176. The fourth-order valence-electron chi connectivity index (χ4n) is 3.09. The summed E-state index contributed by atoms with van der Waals surface area (Å²) in [6.07, 6.45) is 0. The number of hydrogen-bond donors (Lipinski definition) is 1. The van der Waals surface area contributed by atoms with Gasteiger partial charge in [0.25, 0.3) is 0 Å². The van der Waals surface area contributed by atoms with E-state index in [1.54, 1.807) is 33.1 Å². The van der Waals surface area contributed by atoms with Crippen molar-refractivity contribution in [2.75, 3.05) is 39.1 Å². The molecule has 7 nitrogen and oxygen atoms in total. The van der Waals surface area contributed by atoms with Crippen molar-refractivity contribution in [3.63, 3.8) is 0 Å². The maximum Gasteiger partial charge on any atom is 0.243 e. The molecule has 0 radical (unpaired) electrons. The van der Waals surface area contributed by atoms with Crippen molar-refractivity contribution in [2.45, 2.75) is 25.3 Å². The maximum absolute atomic E-state index is 12.5. The van der Waals surface area contributed by atoms with Crippen LogP contribution in [0.4, 0.5) is 5.69 Å². The number of amides is 1. The predicted octanol–water partition coefficient (Wildman–Crippen LogP) is 3.56. The summed E-state index contributed by atoms with van der Waals surface area (Å²) in [6, 6.07) is 12.0. The molecule has 0 aliphatic heterocycles. The first kappa shape index (κ1) is 24.3. The van der Waals surface area contributed by atoms with E-state index in [9.17, 15) is 13.2 Å². The number of rotatable bonds is 10. The number of nitrogens with one attached hydrogen (secondary N) is 1. The average molecular weight is 498 g/mol. The Morgan fingerprint density at radius 1 is 1.10 bits per heavy atom. The molecule has 0 fully saturated rings. The van der Waals surface area contributed by atoms with Crippen LogP contribution in [-0.4, -0.2) is 57.3 Å². The van der Waals surface area contributed by atoms with Gasteiger partial charge in [-0.25, -0.2) is 8.42 Å². The Bertz CT molecular complexity index is 961. The van der Waals surface area contributed by atoms with Crippen molar-refractivity contribution in [1.29, 1.82) is 0 Å². The van der Waals surface area contributed by atoms with Gasteiger partial charge in [0.15, 0.2) is 0 Å². The maximum atomic E-state index is 12.5. The number of carbonyl (C=O) groups is 1. The van der Waals surface area contributed by atoms with Gasteiger partial charge in [0.05, 0.1) is 18.6 Å². The van der Waals surface area contributed by atoms with Crippen LogP contribution in [-0.2, 0) is 21.4 Å². The van der Waals surface area contributed by atoms with Crippen LogP contribution in [0.3, 0.4) is 0 Å². The molecule has 30 heavy (non-hydrogen) atoms. The molecule has 9 heteroatoms. The summed E-state index contributed by atoms with van der Waals surface area (Å²) in [7, 11) is -0.0520. The monoisotopic (exact) mass is 497 g/mol. The van der Waals surface area contributed by atoms with Gasteiger partial charge in [-0.15, -0.1) is 0 Å². The third-order valence-electron chi connectivity index (χ3n) is 4.58. The Morgan fingerprint density at radius 2 is 1.73 bits per heavy atom.